The molecule has 14 heteroatoms. The van der Waals surface area contributed by atoms with Crippen LogP contribution < -0.4 is 23.7 Å². The van der Waals surface area contributed by atoms with Gasteiger partial charge in [0.15, 0.2) is 23.0 Å². The number of para-hydroxylation sites is 4. The normalized spacial score (nSPS) is 15.1. The van der Waals surface area contributed by atoms with Crippen molar-refractivity contribution in [2.45, 2.75) is 75.2 Å². The lowest BCUT2D eigenvalue weighted by Gasteiger charge is -2.34. The van der Waals surface area contributed by atoms with Gasteiger partial charge in [0.2, 0.25) is 0 Å². The van der Waals surface area contributed by atoms with E-state index in [4.69, 9.17) is 28.4 Å². The van der Waals surface area contributed by atoms with Crippen LogP contribution in [-0.2, 0) is 24.3 Å². The molecule has 1 N–H and O–H groups in total. The fourth-order valence-electron chi connectivity index (χ4n) is 5.45. The Balaban J connectivity index is 1.57. The Labute approximate surface area is 299 Å². The molecular weight excluding hydrogens is 680 g/mol. The second kappa shape index (κ2) is 20.4. The van der Waals surface area contributed by atoms with Gasteiger partial charge in [-0.05, 0) is 42.8 Å². The van der Waals surface area contributed by atoms with Gasteiger partial charge in [-0.1, -0.05) is 82.6 Å². The fraction of sp³-hybridized carbons (Fsp3) is 0.486. The molecule has 1 aliphatic heterocycles. The SMILES string of the molecule is CCCCCCCCCCC1(OCC(=O)NS(=O)(=O)c2ccc([N+](=O)[O-])cc2)COc2ccccc2OCCOCCOc2ccccc2OC1. The number of unbranched alkanes of at least 4 members (excludes halogenated alkanes) is 7. The zero-order valence-electron chi connectivity index (χ0n) is 29.1. The van der Waals surface area contributed by atoms with E-state index >= 15 is 0 Å². The van der Waals surface area contributed by atoms with Crippen LogP contribution in [0.4, 0.5) is 5.69 Å². The highest BCUT2D eigenvalue weighted by molar-refractivity contribution is 7.90. The molecule has 0 radical (unpaired) electrons. The van der Waals surface area contributed by atoms with E-state index in [0.717, 1.165) is 49.9 Å². The maximum absolute atomic E-state index is 13.2. The highest BCUT2D eigenvalue weighted by Gasteiger charge is 2.35. The zero-order valence-corrected chi connectivity index (χ0v) is 29.9. The lowest BCUT2D eigenvalue weighted by molar-refractivity contribution is -0.384. The molecule has 0 atom stereocenters. The third-order valence-corrected chi connectivity index (χ3v) is 9.64. The van der Waals surface area contributed by atoms with E-state index in [9.17, 15) is 23.3 Å². The zero-order chi connectivity index (χ0) is 36.4. The van der Waals surface area contributed by atoms with Crippen molar-refractivity contribution in [2.24, 2.45) is 0 Å². The second-order valence-corrected chi connectivity index (χ2v) is 13.9. The van der Waals surface area contributed by atoms with E-state index in [0.29, 0.717) is 42.6 Å². The van der Waals surface area contributed by atoms with Gasteiger partial charge in [-0.15, -0.1) is 0 Å². The minimum atomic E-state index is -4.34. The van der Waals surface area contributed by atoms with E-state index in [1.165, 1.54) is 25.7 Å². The largest absolute Gasteiger partial charge is 0.487 e. The highest BCUT2D eigenvalue weighted by Crippen LogP contribution is 2.32. The number of fused-ring (bicyclic) bond motifs is 2. The van der Waals surface area contributed by atoms with Crippen molar-refractivity contribution < 1.29 is 46.6 Å². The number of ether oxygens (including phenoxy) is 6. The molecule has 0 aromatic heterocycles. The minimum absolute atomic E-state index is 0.0498. The van der Waals surface area contributed by atoms with Crippen LogP contribution in [-0.4, -0.2) is 71.1 Å². The van der Waals surface area contributed by atoms with Crippen molar-refractivity contribution >= 4 is 21.6 Å². The van der Waals surface area contributed by atoms with Crippen LogP contribution in [0.5, 0.6) is 23.0 Å². The van der Waals surface area contributed by atoms with Crippen molar-refractivity contribution in [1.29, 1.82) is 0 Å². The topological polar surface area (TPSA) is 162 Å². The number of sulfonamides is 1. The lowest BCUT2D eigenvalue weighted by atomic mass is 9.96. The summed E-state index contributed by atoms with van der Waals surface area (Å²) in [5.41, 5.74) is -1.49. The third-order valence-electron chi connectivity index (χ3n) is 8.25. The predicted octanol–water partition coefficient (Wildman–Crippen LogP) is 6.63. The molecule has 4 rings (SSSR count). The first-order valence-electron chi connectivity index (χ1n) is 17.4. The van der Waals surface area contributed by atoms with Gasteiger partial charge in [-0.25, -0.2) is 13.1 Å². The van der Waals surface area contributed by atoms with Crippen LogP contribution >= 0.6 is 0 Å². The summed E-state index contributed by atoms with van der Waals surface area (Å²) in [6.45, 7) is 2.68. The fourth-order valence-corrected chi connectivity index (χ4v) is 6.42. The molecule has 0 fully saturated rings. The molecule has 0 saturated heterocycles. The number of benzene rings is 3. The van der Waals surface area contributed by atoms with E-state index < -0.39 is 33.1 Å². The first-order chi connectivity index (χ1) is 24.7. The summed E-state index contributed by atoms with van der Waals surface area (Å²) in [4.78, 5) is 23.2. The smallest absolute Gasteiger partial charge is 0.269 e. The summed E-state index contributed by atoms with van der Waals surface area (Å²) >= 11 is 0. The van der Waals surface area contributed by atoms with Crippen LogP contribution in [0.2, 0.25) is 0 Å². The number of nitrogens with one attached hydrogen (secondary N) is 1. The maximum atomic E-state index is 13.2. The number of rotatable bonds is 15. The van der Waals surface area contributed by atoms with Crippen molar-refractivity contribution in [3.63, 3.8) is 0 Å². The van der Waals surface area contributed by atoms with Crippen LogP contribution in [0.1, 0.15) is 64.7 Å². The van der Waals surface area contributed by atoms with Crippen molar-refractivity contribution in [3.05, 3.63) is 82.9 Å². The molecule has 0 saturated carbocycles. The molecule has 0 aliphatic carbocycles. The van der Waals surface area contributed by atoms with Crippen molar-refractivity contribution in [1.82, 2.24) is 4.72 Å². The summed E-state index contributed by atoms with van der Waals surface area (Å²) in [6.07, 6.45) is 9.00. The standard InChI is InChI=1S/C37H48N2O11S/c1-2-3-4-5-6-7-8-13-22-37(50-27-36(40)38-51(43,44)31-20-18-30(19-21-31)39(41)42)28-48-34-16-11-9-14-32(34)46-25-23-45-24-26-47-33-15-10-12-17-35(33)49-29-37/h9-12,14-21H,2-8,13,22-29H2,1H3,(H,38,40). The van der Waals surface area contributed by atoms with Crippen LogP contribution in [0.3, 0.4) is 0 Å². The van der Waals surface area contributed by atoms with Crippen LogP contribution in [0.25, 0.3) is 0 Å². The number of nitrogens with zero attached hydrogens (tertiary/aromatic N) is 1. The number of nitro groups is 1. The molecule has 1 amide bonds. The molecule has 13 nitrogen and oxygen atoms in total. The number of nitro benzene ring substituents is 1. The van der Waals surface area contributed by atoms with E-state index in [2.05, 4.69) is 6.92 Å². The monoisotopic (exact) mass is 728 g/mol. The average molecular weight is 729 g/mol. The van der Waals surface area contributed by atoms with E-state index in [1.807, 2.05) is 29.0 Å². The summed E-state index contributed by atoms with van der Waals surface area (Å²) in [5.74, 6) is 1.00. The number of hydrogen-bond donors (Lipinski definition) is 1. The first-order valence-corrected chi connectivity index (χ1v) is 18.9. The molecule has 0 bridgehead atoms. The summed E-state index contributed by atoms with van der Waals surface area (Å²) < 4.78 is 64.6. The minimum Gasteiger partial charge on any atom is -0.487 e. The summed E-state index contributed by atoms with van der Waals surface area (Å²) in [7, 11) is -4.34. The number of amides is 1. The molecule has 1 heterocycles. The van der Waals surface area contributed by atoms with Gasteiger partial charge >= 0.3 is 0 Å². The Morgan fingerprint density at radius 3 is 1.75 bits per heavy atom. The lowest BCUT2D eigenvalue weighted by Crippen LogP contribution is -2.47. The second-order valence-electron chi connectivity index (χ2n) is 12.3. The van der Waals surface area contributed by atoms with Gasteiger partial charge in [-0.3, -0.25) is 14.9 Å². The number of hydrogen-bond acceptors (Lipinski definition) is 11. The Kier molecular flexibility index (Phi) is 15.8. The molecule has 278 valence electrons. The molecule has 0 spiro atoms. The molecule has 51 heavy (non-hydrogen) atoms. The molecule has 1 aliphatic rings. The van der Waals surface area contributed by atoms with Crippen LogP contribution in [0.15, 0.2) is 77.7 Å². The Morgan fingerprint density at radius 1 is 0.745 bits per heavy atom. The van der Waals surface area contributed by atoms with Crippen LogP contribution in [0, 0.1) is 10.1 Å². The molecular formula is C37H48N2O11S. The average Bonchev–Trinajstić information content (AvgIpc) is 3.13. The van der Waals surface area contributed by atoms with Crippen molar-refractivity contribution in [3.8, 4) is 23.0 Å². The van der Waals surface area contributed by atoms with E-state index in [-0.39, 0.29) is 37.0 Å². The summed E-state index contributed by atoms with van der Waals surface area (Å²) in [5, 5.41) is 11.0. The highest BCUT2D eigenvalue weighted by atomic mass is 32.2. The van der Waals surface area contributed by atoms with Gasteiger partial charge in [0.1, 0.15) is 38.6 Å². The Hall–Kier alpha value is -4.40. The molecule has 3 aromatic carbocycles. The van der Waals surface area contributed by atoms with Gasteiger partial charge in [0.25, 0.3) is 21.6 Å². The third kappa shape index (κ3) is 13.0. The maximum Gasteiger partial charge on any atom is 0.269 e. The number of carbonyl (C=O) groups excluding carboxylic acids is 1. The van der Waals surface area contributed by atoms with Gasteiger partial charge < -0.3 is 28.4 Å². The number of non-ortho nitro benzene ring substituents is 1. The van der Waals surface area contributed by atoms with Gasteiger partial charge in [0, 0.05) is 12.1 Å². The van der Waals surface area contributed by atoms with Crippen molar-refractivity contribution in [2.75, 3.05) is 46.2 Å². The summed E-state index contributed by atoms with van der Waals surface area (Å²) in [6, 6.07) is 18.6. The molecule has 0 unspecified atom stereocenters. The number of carbonyl (C=O) groups is 1. The van der Waals surface area contributed by atoms with E-state index in [1.54, 1.807) is 24.3 Å². The predicted molar refractivity (Wildman–Crippen MR) is 190 cm³/mol. The Morgan fingerprint density at radius 2 is 1.24 bits per heavy atom. The van der Waals surface area contributed by atoms with Gasteiger partial charge in [0.05, 0.1) is 23.0 Å². The molecule has 3 aromatic rings. The first kappa shape index (κ1) is 39.4. The Bertz CT molecular complexity index is 1580. The van der Waals surface area contributed by atoms with Gasteiger partial charge in [-0.2, -0.15) is 0 Å². The quantitative estimate of drug-likeness (QED) is 0.102.